The average Bonchev–Trinajstić information content (AvgIpc) is 2.73. The van der Waals surface area contributed by atoms with Crippen LogP contribution >= 0.6 is 24.8 Å². The quantitative estimate of drug-likeness (QED) is 0.893. The summed E-state index contributed by atoms with van der Waals surface area (Å²) >= 11 is 0. The summed E-state index contributed by atoms with van der Waals surface area (Å²) in [6.45, 7) is 2.51. The van der Waals surface area contributed by atoms with Gasteiger partial charge in [0.2, 0.25) is 0 Å². The third-order valence-corrected chi connectivity index (χ3v) is 3.31. The molecule has 1 aromatic carbocycles. The fourth-order valence-electron chi connectivity index (χ4n) is 2.29. The van der Waals surface area contributed by atoms with Crippen LogP contribution in [0.3, 0.4) is 0 Å². The zero-order valence-corrected chi connectivity index (χ0v) is 12.5. The van der Waals surface area contributed by atoms with Gasteiger partial charge in [-0.3, -0.25) is 4.90 Å². The molecule has 1 aliphatic heterocycles. The highest BCUT2D eigenvalue weighted by Gasteiger charge is 2.22. The third kappa shape index (κ3) is 5.24. The summed E-state index contributed by atoms with van der Waals surface area (Å²) < 4.78 is 12.8. The molecule has 0 aromatic heterocycles. The molecule has 2 rings (SSSR count). The first kappa shape index (κ1) is 18.6. The summed E-state index contributed by atoms with van der Waals surface area (Å²) in [5.74, 6) is -0.208. The highest BCUT2D eigenvalue weighted by molar-refractivity contribution is 5.85. The van der Waals surface area contributed by atoms with Crippen molar-refractivity contribution in [2.24, 2.45) is 0 Å². The molecule has 110 valence electrons. The summed E-state index contributed by atoms with van der Waals surface area (Å²) in [5.41, 5.74) is 1.08. The second-order valence-corrected chi connectivity index (χ2v) is 4.59. The molecule has 1 saturated heterocycles. The molecular formula is C13H21Cl2FN2O. The van der Waals surface area contributed by atoms with Crippen LogP contribution in [0.1, 0.15) is 18.0 Å². The third-order valence-electron chi connectivity index (χ3n) is 3.31. The lowest BCUT2D eigenvalue weighted by Crippen LogP contribution is -2.33. The van der Waals surface area contributed by atoms with E-state index in [1.165, 1.54) is 12.1 Å². The van der Waals surface area contributed by atoms with Crippen molar-refractivity contribution in [1.82, 2.24) is 10.2 Å². The predicted molar refractivity (Wildman–Crippen MR) is 79.8 cm³/mol. The van der Waals surface area contributed by atoms with Crippen LogP contribution in [0.4, 0.5) is 4.39 Å². The van der Waals surface area contributed by atoms with Crippen molar-refractivity contribution >= 4 is 24.8 Å². The van der Waals surface area contributed by atoms with Crippen molar-refractivity contribution in [3.05, 3.63) is 35.6 Å². The number of aliphatic hydroxyl groups excluding tert-OH is 1. The van der Waals surface area contributed by atoms with E-state index in [1.807, 2.05) is 19.2 Å². The minimum absolute atomic E-state index is 0. The van der Waals surface area contributed by atoms with E-state index in [-0.39, 0.29) is 42.8 Å². The van der Waals surface area contributed by atoms with Crippen LogP contribution in [-0.4, -0.2) is 42.8 Å². The van der Waals surface area contributed by atoms with Gasteiger partial charge in [-0.15, -0.1) is 24.8 Å². The lowest BCUT2D eigenvalue weighted by molar-refractivity contribution is 0.173. The minimum Gasteiger partial charge on any atom is -0.392 e. The van der Waals surface area contributed by atoms with E-state index in [1.54, 1.807) is 0 Å². The molecular weight excluding hydrogens is 290 g/mol. The first-order chi connectivity index (χ1) is 8.19. The van der Waals surface area contributed by atoms with Gasteiger partial charge in [0, 0.05) is 25.7 Å². The second-order valence-electron chi connectivity index (χ2n) is 4.59. The lowest BCUT2D eigenvalue weighted by atomic mass is 10.1. The molecule has 1 heterocycles. The zero-order chi connectivity index (χ0) is 12.3. The number of hydrogen-bond acceptors (Lipinski definition) is 3. The van der Waals surface area contributed by atoms with E-state index in [9.17, 15) is 9.50 Å². The number of nitrogens with zero attached hydrogens (tertiary/aromatic N) is 1. The molecule has 0 amide bonds. The van der Waals surface area contributed by atoms with Gasteiger partial charge in [-0.05, 0) is 31.2 Å². The lowest BCUT2D eigenvalue weighted by Gasteiger charge is -2.23. The summed E-state index contributed by atoms with van der Waals surface area (Å²) in [6.07, 6.45) is 0.653. The second kappa shape index (κ2) is 8.72. The number of aliphatic hydroxyl groups is 1. The molecule has 1 aliphatic rings. The standard InChI is InChI=1S/C13H19FN2O.2ClH/c1-15-13(9-16-7-6-12(17)8-16)10-2-4-11(14)5-3-10;;/h2-5,12-13,15,17H,6-9H2,1H3;2*1H. The first-order valence-corrected chi connectivity index (χ1v) is 6.02. The molecule has 3 nitrogen and oxygen atoms in total. The Balaban J connectivity index is 0.00000162. The van der Waals surface area contributed by atoms with Gasteiger partial charge in [0.1, 0.15) is 5.82 Å². The number of nitrogens with one attached hydrogen (secondary N) is 1. The number of halogens is 3. The van der Waals surface area contributed by atoms with Crippen LogP contribution < -0.4 is 5.32 Å². The number of rotatable bonds is 4. The zero-order valence-electron chi connectivity index (χ0n) is 10.9. The number of β-amino-alcohol motifs (C(OH)–C–C–N with tert-alkyl or cyclic N) is 1. The Morgan fingerprint density at radius 3 is 2.47 bits per heavy atom. The molecule has 2 atom stereocenters. The number of likely N-dealkylation sites (tertiary alicyclic amines) is 1. The largest absolute Gasteiger partial charge is 0.392 e. The SMILES string of the molecule is CNC(CN1CCC(O)C1)c1ccc(F)cc1.Cl.Cl. The molecule has 0 spiro atoms. The van der Waals surface area contributed by atoms with Crippen LogP contribution in [0.25, 0.3) is 0 Å². The van der Waals surface area contributed by atoms with Gasteiger partial charge in [-0.1, -0.05) is 12.1 Å². The van der Waals surface area contributed by atoms with Crippen LogP contribution in [0, 0.1) is 5.82 Å². The van der Waals surface area contributed by atoms with Crippen molar-refractivity contribution < 1.29 is 9.50 Å². The topological polar surface area (TPSA) is 35.5 Å². The highest BCUT2D eigenvalue weighted by atomic mass is 35.5. The van der Waals surface area contributed by atoms with Crippen molar-refractivity contribution in [2.75, 3.05) is 26.7 Å². The van der Waals surface area contributed by atoms with Gasteiger partial charge in [0.05, 0.1) is 6.10 Å². The highest BCUT2D eigenvalue weighted by Crippen LogP contribution is 2.17. The van der Waals surface area contributed by atoms with Crippen LogP contribution in [0.15, 0.2) is 24.3 Å². The van der Waals surface area contributed by atoms with Crippen LogP contribution in [-0.2, 0) is 0 Å². The van der Waals surface area contributed by atoms with Gasteiger partial charge >= 0.3 is 0 Å². The van der Waals surface area contributed by atoms with E-state index >= 15 is 0 Å². The molecule has 19 heavy (non-hydrogen) atoms. The molecule has 0 bridgehead atoms. The van der Waals surface area contributed by atoms with Crippen molar-refractivity contribution in [2.45, 2.75) is 18.6 Å². The van der Waals surface area contributed by atoms with Crippen molar-refractivity contribution in [1.29, 1.82) is 0 Å². The maximum absolute atomic E-state index is 12.8. The van der Waals surface area contributed by atoms with Gasteiger partial charge in [0.25, 0.3) is 0 Å². The smallest absolute Gasteiger partial charge is 0.123 e. The molecule has 1 aromatic rings. The summed E-state index contributed by atoms with van der Waals surface area (Å²) in [6, 6.07) is 6.77. The number of hydrogen-bond donors (Lipinski definition) is 2. The van der Waals surface area contributed by atoms with E-state index in [0.717, 1.165) is 31.6 Å². The van der Waals surface area contributed by atoms with Crippen LogP contribution in [0.5, 0.6) is 0 Å². The normalized spacial score (nSPS) is 20.5. The fourth-order valence-corrected chi connectivity index (χ4v) is 2.29. The Morgan fingerprint density at radius 1 is 1.37 bits per heavy atom. The summed E-state index contributed by atoms with van der Waals surface area (Å²) in [7, 11) is 1.90. The summed E-state index contributed by atoms with van der Waals surface area (Å²) in [4.78, 5) is 2.23. The molecule has 0 radical (unpaired) electrons. The van der Waals surface area contributed by atoms with Gasteiger partial charge in [-0.2, -0.15) is 0 Å². The summed E-state index contributed by atoms with van der Waals surface area (Å²) in [5, 5.41) is 12.7. The first-order valence-electron chi connectivity index (χ1n) is 6.02. The van der Waals surface area contributed by atoms with Gasteiger partial charge in [-0.25, -0.2) is 4.39 Å². The van der Waals surface area contributed by atoms with E-state index in [2.05, 4.69) is 10.2 Å². The Labute approximate surface area is 126 Å². The molecule has 0 aliphatic carbocycles. The van der Waals surface area contributed by atoms with Gasteiger partial charge in [0.15, 0.2) is 0 Å². The molecule has 0 saturated carbocycles. The predicted octanol–water partition coefficient (Wildman–Crippen LogP) is 2.00. The molecule has 2 unspecified atom stereocenters. The maximum atomic E-state index is 12.8. The Kier molecular flexibility index (Phi) is 8.54. The van der Waals surface area contributed by atoms with Crippen molar-refractivity contribution in [3.63, 3.8) is 0 Å². The number of likely N-dealkylation sites (N-methyl/N-ethyl adjacent to an activating group) is 1. The monoisotopic (exact) mass is 310 g/mol. The van der Waals surface area contributed by atoms with Gasteiger partial charge < -0.3 is 10.4 Å². The van der Waals surface area contributed by atoms with E-state index in [4.69, 9.17) is 0 Å². The van der Waals surface area contributed by atoms with Crippen LogP contribution in [0.2, 0.25) is 0 Å². The Morgan fingerprint density at radius 2 is 2.00 bits per heavy atom. The molecule has 2 N–H and O–H groups in total. The van der Waals surface area contributed by atoms with E-state index in [0.29, 0.717) is 0 Å². The average molecular weight is 311 g/mol. The molecule has 1 fully saturated rings. The molecule has 6 heteroatoms. The van der Waals surface area contributed by atoms with Crippen molar-refractivity contribution in [3.8, 4) is 0 Å². The maximum Gasteiger partial charge on any atom is 0.123 e. The Hall–Kier alpha value is -0.390. The number of benzene rings is 1. The minimum atomic E-state index is -0.208. The van der Waals surface area contributed by atoms with E-state index < -0.39 is 0 Å². The fraction of sp³-hybridized carbons (Fsp3) is 0.538. The Bertz CT molecular complexity index is 364.